The standard InChI is InChI=1S/C17H26N2O/c20-17(8-5-9-18-14-17)16-7-4-6-15(12-16)13-19-10-2-1-3-11-19/h4,6-7,12,18,20H,1-3,5,8-11,13-14H2. The molecule has 0 aliphatic carbocycles. The summed E-state index contributed by atoms with van der Waals surface area (Å²) in [5.74, 6) is 0. The third-order valence-corrected chi connectivity index (χ3v) is 4.68. The predicted octanol–water partition coefficient (Wildman–Crippen LogP) is 2.24. The van der Waals surface area contributed by atoms with Crippen LogP contribution in [0.3, 0.4) is 0 Å². The van der Waals surface area contributed by atoms with E-state index >= 15 is 0 Å². The van der Waals surface area contributed by atoms with Gasteiger partial charge in [-0.05, 0) is 56.4 Å². The number of rotatable bonds is 3. The molecule has 0 aromatic heterocycles. The fraction of sp³-hybridized carbons (Fsp3) is 0.647. The van der Waals surface area contributed by atoms with Crippen LogP contribution >= 0.6 is 0 Å². The molecule has 2 N–H and O–H groups in total. The van der Waals surface area contributed by atoms with Gasteiger partial charge < -0.3 is 10.4 Å². The summed E-state index contributed by atoms with van der Waals surface area (Å²) in [5, 5.41) is 14.1. The Bertz CT molecular complexity index is 434. The van der Waals surface area contributed by atoms with Crippen LogP contribution in [0.5, 0.6) is 0 Å². The Labute approximate surface area is 122 Å². The summed E-state index contributed by atoms with van der Waals surface area (Å²) >= 11 is 0. The van der Waals surface area contributed by atoms with E-state index in [1.54, 1.807) is 0 Å². The van der Waals surface area contributed by atoms with Crippen molar-refractivity contribution in [2.24, 2.45) is 0 Å². The first kappa shape index (κ1) is 14.1. The Hall–Kier alpha value is -0.900. The van der Waals surface area contributed by atoms with Crippen molar-refractivity contribution in [3.63, 3.8) is 0 Å². The van der Waals surface area contributed by atoms with Gasteiger partial charge in [0.1, 0.15) is 5.60 Å². The molecule has 2 fully saturated rings. The molecule has 1 aromatic carbocycles. The molecule has 2 heterocycles. The second kappa shape index (κ2) is 6.25. The number of nitrogens with zero attached hydrogens (tertiary/aromatic N) is 1. The van der Waals surface area contributed by atoms with E-state index in [4.69, 9.17) is 0 Å². The topological polar surface area (TPSA) is 35.5 Å². The highest BCUT2D eigenvalue weighted by atomic mass is 16.3. The number of hydrogen-bond acceptors (Lipinski definition) is 3. The van der Waals surface area contributed by atoms with Crippen LogP contribution in [0.25, 0.3) is 0 Å². The summed E-state index contributed by atoms with van der Waals surface area (Å²) < 4.78 is 0. The molecule has 0 radical (unpaired) electrons. The maximum atomic E-state index is 10.8. The van der Waals surface area contributed by atoms with E-state index in [1.165, 1.54) is 37.9 Å². The van der Waals surface area contributed by atoms with Crippen molar-refractivity contribution in [1.29, 1.82) is 0 Å². The molecule has 3 rings (SSSR count). The molecule has 0 saturated carbocycles. The Balaban J connectivity index is 1.71. The van der Waals surface area contributed by atoms with Crippen LogP contribution in [0, 0.1) is 0 Å². The lowest BCUT2D eigenvalue weighted by Gasteiger charge is -2.33. The Kier molecular flexibility index (Phi) is 4.39. The average Bonchev–Trinajstić information content (AvgIpc) is 2.49. The van der Waals surface area contributed by atoms with Crippen LogP contribution in [-0.4, -0.2) is 36.2 Å². The first-order chi connectivity index (χ1) is 9.76. The molecule has 110 valence electrons. The van der Waals surface area contributed by atoms with Crippen molar-refractivity contribution >= 4 is 0 Å². The van der Waals surface area contributed by atoms with Crippen molar-refractivity contribution in [2.75, 3.05) is 26.2 Å². The van der Waals surface area contributed by atoms with E-state index in [9.17, 15) is 5.11 Å². The minimum atomic E-state index is -0.670. The van der Waals surface area contributed by atoms with Crippen LogP contribution in [0.2, 0.25) is 0 Å². The number of β-amino-alcohol motifs (C(OH)–C–C–N with tert-alkyl or cyclic N) is 1. The van der Waals surface area contributed by atoms with Crippen molar-refractivity contribution in [2.45, 2.75) is 44.2 Å². The highest BCUT2D eigenvalue weighted by Gasteiger charge is 2.31. The van der Waals surface area contributed by atoms with Gasteiger partial charge in [-0.3, -0.25) is 4.90 Å². The number of aliphatic hydroxyl groups is 1. The van der Waals surface area contributed by atoms with E-state index in [1.807, 2.05) is 0 Å². The molecule has 20 heavy (non-hydrogen) atoms. The Morgan fingerprint density at radius 1 is 1.15 bits per heavy atom. The quantitative estimate of drug-likeness (QED) is 0.887. The van der Waals surface area contributed by atoms with E-state index in [2.05, 4.69) is 34.5 Å². The number of likely N-dealkylation sites (tertiary alicyclic amines) is 1. The Morgan fingerprint density at radius 2 is 2.00 bits per heavy atom. The second-order valence-electron chi connectivity index (χ2n) is 6.35. The number of benzene rings is 1. The molecule has 1 unspecified atom stereocenters. The maximum absolute atomic E-state index is 10.8. The van der Waals surface area contributed by atoms with Gasteiger partial charge >= 0.3 is 0 Å². The first-order valence-corrected chi connectivity index (χ1v) is 8.01. The highest BCUT2D eigenvalue weighted by Crippen LogP contribution is 2.29. The molecule has 1 aromatic rings. The minimum absolute atomic E-state index is 0.670. The van der Waals surface area contributed by atoms with Gasteiger partial charge in [0.05, 0.1) is 0 Å². The SMILES string of the molecule is OC1(c2cccc(CN3CCCCC3)c2)CCCNC1. The molecular weight excluding hydrogens is 248 g/mol. The predicted molar refractivity (Wildman–Crippen MR) is 81.6 cm³/mol. The second-order valence-corrected chi connectivity index (χ2v) is 6.35. The first-order valence-electron chi connectivity index (χ1n) is 8.01. The third kappa shape index (κ3) is 3.22. The fourth-order valence-electron chi connectivity index (χ4n) is 3.47. The lowest BCUT2D eigenvalue weighted by molar-refractivity contribution is 0.0122. The van der Waals surface area contributed by atoms with Crippen LogP contribution in [0.1, 0.15) is 43.2 Å². The van der Waals surface area contributed by atoms with Gasteiger partial charge in [-0.2, -0.15) is 0 Å². The van der Waals surface area contributed by atoms with Crippen molar-refractivity contribution in [1.82, 2.24) is 10.2 Å². The summed E-state index contributed by atoms with van der Waals surface area (Å²) in [6.07, 6.45) is 5.95. The Morgan fingerprint density at radius 3 is 2.75 bits per heavy atom. The van der Waals surface area contributed by atoms with Gasteiger partial charge in [-0.25, -0.2) is 0 Å². The van der Waals surface area contributed by atoms with Crippen LogP contribution in [-0.2, 0) is 12.1 Å². The van der Waals surface area contributed by atoms with E-state index < -0.39 is 5.60 Å². The molecule has 2 aliphatic rings. The maximum Gasteiger partial charge on any atom is 0.102 e. The van der Waals surface area contributed by atoms with Gasteiger partial charge in [0.15, 0.2) is 0 Å². The van der Waals surface area contributed by atoms with Crippen LogP contribution in [0.15, 0.2) is 24.3 Å². The van der Waals surface area contributed by atoms with Crippen LogP contribution < -0.4 is 5.32 Å². The zero-order chi connectivity index (χ0) is 13.8. The van der Waals surface area contributed by atoms with Crippen molar-refractivity contribution in [3.05, 3.63) is 35.4 Å². The van der Waals surface area contributed by atoms with Crippen molar-refractivity contribution in [3.8, 4) is 0 Å². The molecule has 2 aliphatic heterocycles. The van der Waals surface area contributed by atoms with Crippen molar-refractivity contribution < 1.29 is 5.11 Å². The zero-order valence-corrected chi connectivity index (χ0v) is 12.3. The van der Waals surface area contributed by atoms with E-state index in [0.717, 1.165) is 31.5 Å². The molecule has 1 atom stereocenters. The number of nitrogens with one attached hydrogen (secondary N) is 1. The monoisotopic (exact) mass is 274 g/mol. The summed E-state index contributed by atoms with van der Waals surface area (Å²) in [7, 11) is 0. The lowest BCUT2D eigenvalue weighted by Crippen LogP contribution is -2.43. The molecule has 0 amide bonds. The summed E-state index contributed by atoms with van der Waals surface area (Å²) in [4.78, 5) is 2.53. The molecule has 0 spiro atoms. The van der Waals surface area contributed by atoms with Gasteiger partial charge in [0.2, 0.25) is 0 Å². The average molecular weight is 274 g/mol. The van der Waals surface area contributed by atoms with Gasteiger partial charge in [0, 0.05) is 13.1 Å². The minimum Gasteiger partial charge on any atom is -0.384 e. The van der Waals surface area contributed by atoms with Crippen LogP contribution in [0.4, 0.5) is 0 Å². The van der Waals surface area contributed by atoms with Gasteiger partial charge in [-0.1, -0.05) is 30.7 Å². The van der Waals surface area contributed by atoms with Gasteiger partial charge in [-0.15, -0.1) is 0 Å². The van der Waals surface area contributed by atoms with E-state index in [-0.39, 0.29) is 0 Å². The smallest absolute Gasteiger partial charge is 0.102 e. The largest absolute Gasteiger partial charge is 0.384 e. The molecule has 2 saturated heterocycles. The van der Waals surface area contributed by atoms with Gasteiger partial charge in [0.25, 0.3) is 0 Å². The zero-order valence-electron chi connectivity index (χ0n) is 12.3. The molecule has 3 heteroatoms. The highest BCUT2D eigenvalue weighted by molar-refractivity contribution is 5.29. The normalized spacial score (nSPS) is 28.4. The summed E-state index contributed by atoms with van der Waals surface area (Å²) in [6, 6.07) is 8.58. The number of hydrogen-bond donors (Lipinski definition) is 2. The van der Waals surface area contributed by atoms with E-state index in [0.29, 0.717) is 6.54 Å². The third-order valence-electron chi connectivity index (χ3n) is 4.68. The summed E-state index contributed by atoms with van der Waals surface area (Å²) in [5.41, 5.74) is 1.75. The fourth-order valence-corrected chi connectivity index (χ4v) is 3.47. The molecular formula is C17H26N2O. The lowest BCUT2D eigenvalue weighted by atomic mass is 9.86. The number of piperidine rings is 2. The molecule has 3 nitrogen and oxygen atoms in total. The molecule has 0 bridgehead atoms. The summed E-state index contributed by atoms with van der Waals surface area (Å²) in [6.45, 7) is 5.17.